The maximum absolute atomic E-state index is 8.90. The van der Waals surface area contributed by atoms with E-state index in [1.807, 2.05) is 12.1 Å². The van der Waals surface area contributed by atoms with Crippen LogP contribution in [-0.4, -0.2) is 11.7 Å². The topological polar surface area (TPSA) is 20.2 Å². The molecular formula is C10H11BrO. The van der Waals surface area contributed by atoms with Gasteiger partial charge in [-0.1, -0.05) is 28.1 Å². The van der Waals surface area contributed by atoms with Crippen LogP contribution < -0.4 is 0 Å². The first kappa shape index (κ1) is 8.27. The summed E-state index contributed by atoms with van der Waals surface area (Å²) in [6.45, 7) is 0.331. The summed E-state index contributed by atoms with van der Waals surface area (Å²) >= 11 is 3.44. The minimum Gasteiger partial charge on any atom is -0.396 e. The van der Waals surface area contributed by atoms with Gasteiger partial charge in [0, 0.05) is 11.1 Å². The van der Waals surface area contributed by atoms with E-state index in [0.717, 1.165) is 10.9 Å². The van der Waals surface area contributed by atoms with Crippen LogP contribution >= 0.6 is 15.9 Å². The van der Waals surface area contributed by atoms with E-state index in [1.54, 1.807) is 0 Å². The summed E-state index contributed by atoms with van der Waals surface area (Å²) in [7, 11) is 0. The van der Waals surface area contributed by atoms with Crippen molar-refractivity contribution in [3.8, 4) is 0 Å². The number of benzene rings is 1. The van der Waals surface area contributed by atoms with Crippen LogP contribution in [0.15, 0.2) is 28.7 Å². The lowest BCUT2D eigenvalue weighted by Crippen LogP contribution is -1.88. The number of hydrogen-bond acceptors (Lipinski definition) is 1. The molecular weight excluding hydrogens is 216 g/mol. The highest BCUT2D eigenvalue weighted by molar-refractivity contribution is 9.10. The molecule has 0 aromatic heterocycles. The summed E-state index contributed by atoms with van der Waals surface area (Å²) in [4.78, 5) is 0. The molecule has 0 bridgehead atoms. The maximum atomic E-state index is 8.90. The third-order valence-electron chi connectivity index (χ3n) is 2.43. The molecule has 0 saturated heterocycles. The van der Waals surface area contributed by atoms with E-state index in [1.165, 1.54) is 5.56 Å². The van der Waals surface area contributed by atoms with Gasteiger partial charge in [0.2, 0.25) is 0 Å². The Morgan fingerprint density at radius 2 is 2.33 bits per heavy atom. The molecule has 0 radical (unpaired) electrons. The van der Waals surface area contributed by atoms with Crippen molar-refractivity contribution in [2.45, 2.75) is 12.3 Å². The first-order valence-electron chi connectivity index (χ1n) is 4.17. The molecule has 2 rings (SSSR count). The highest BCUT2D eigenvalue weighted by Gasteiger charge is 2.37. The molecule has 12 heavy (non-hydrogen) atoms. The van der Waals surface area contributed by atoms with E-state index in [9.17, 15) is 0 Å². The first-order chi connectivity index (χ1) is 5.81. The molecule has 1 aliphatic rings. The largest absolute Gasteiger partial charge is 0.396 e. The zero-order valence-corrected chi connectivity index (χ0v) is 8.29. The number of halogens is 1. The Morgan fingerprint density at radius 3 is 2.92 bits per heavy atom. The standard InChI is InChI=1S/C10H11BrO/c11-9-3-1-2-7(4-9)10-5-8(10)6-12/h1-4,8,10,12H,5-6H2/t8-,10+/m0/s1. The normalized spacial score (nSPS) is 27.2. The molecule has 1 aliphatic carbocycles. The lowest BCUT2D eigenvalue weighted by molar-refractivity contribution is 0.274. The Bertz CT molecular complexity index is 285. The predicted molar refractivity (Wildman–Crippen MR) is 52.1 cm³/mol. The number of aliphatic hydroxyl groups is 1. The van der Waals surface area contributed by atoms with Gasteiger partial charge in [-0.2, -0.15) is 0 Å². The van der Waals surface area contributed by atoms with E-state index in [-0.39, 0.29) is 0 Å². The molecule has 1 nitrogen and oxygen atoms in total. The van der Waals surface area contributed by atoms with Crippen LogP contribution in [0.25, 0.3) is 0 Å². The second kappa shape index (κ2) is 3.19. The Hall–Kier alpha value is -0.340. The maximum Gasteiger partial charge on any atom is 0.0465 e. The van der Waals surface area contributed by atoms with Crippen molar-refractivity contribution in [1.29, 1.82) is 0 Å². The number of hydrogen-bond donors (Lipinski definition) is 1. The van der Waals surface area contributed by atoms with E-state index < -0.39 is 0 Å². The third kappa shape index (κ3) is 1.54. The van der Waals surface area contributed by atoms with E-state index in [4.69, 9.17) is 5.11 Å². The lowest BCUT2D eigenvalue weighted by Gasteiger charge is -1.98. The molecule has 2 atom stereocenters. The van der Waals surface area contributed by atoms with Crippen LogP contribution in [0, 0.1) is 5.92 Å². The van der Waals surface area contributed by atoms with Gasteiger partial charge in [0.1, 0.15) is 0 Å². The number of rotatable bonds is 2. The van der Waals surface area contributed by atoms with Gasteiger partial charge in [0.15, 0.2) is 0 Å². The van der Waals surface area contributed by atoms with Crippen LogP contribution in [0.5, 0.6) is 0 Å². The Kier molecular flexibility index (Phi) is 2.20. The fraction of sp³-hybridized carbons (Fsp3) is 0.400. The van der Waals surface area contributed by atoms with Crippen LogP contribution in [0.2, 0.25) is 0 Å². The second-order valence-electron chi connectivity index (χ2n) is 3.34. The SMILES string of the molecule is OC[C@@H]1C[C@@H]1c1cccc(Br)c1. The van der Waals surface area contributed by atoms with Crippen molar-refractivity contribution in [2.24, 2.45) is 5.92 Å². The summed E-state index contributed by atoms with van der Waals surface area (Å²) in [6, 6.07) is 8.34. The summed E-state index contributed by atoms with van der Waals surface area (Å²) in [5, 5.41) is 8.90. The van der Waals surface area contributed by atoms with Crippen LogP contribution in [-0.2, 0) is 0 Å². The lowest BCUT2D eigenvalue weighted by atomic mass is 10.1. The average Bonchev–Trinajstić information content (AvgIpc) is 2.83. The molecule has 1 N–H and O–H groups in total. The van der Waals surface area contributed by atoms with Crippen molar-refractivity contribution in [2.75, 3.05) is 6.61 Å². The van der Waals surface area contributed by atoms with Gasteiger partial charge in [-0.15, -0.1) is 0 Å². The quantitative estimate of drug-likeness (QED) is 0.823. The van der Waals surface area contributed by atoms with Crippen LogP contribution in [0.4, 0.5) is 0 Å². The van der Waals surface area contributed by atoms with Gasteiger partial charge in [-0.3, -0.25) is 0 Å². The predicted octanol–water partition coefficient (Wildman–Crippen LogP) is 2.54. The van der Waals surface area contributed by atoms with Crippen LogP contribution in [0.1, 0.15) is 17.9 Å². The van der Waals surface area contributed by atoms with Gasteiger partial charge in [-0.25, -0.2) is 0 Å². The second-order valence-corrected chi connectivity index (χ2v) is 4.26. The highest BCUT2D eigenvalue weighted by atomic mass is 79.9. The third-order valence-corrected chi connectivity index (χ3v) is 2.93. The minimum atomic E-state index is 0.331. The first-order valence-corrected chi connectivity index (χ1v) is 4.97. The minimum absolute atomic E-state index is 0.331. The molecule has 1 aromatic rings. The fourth-order valence-corrected chi connectivity index (χ4v) is 2.01. The van der Waals surface area contributed by atoms with Crippen molar-refractivity contribution >= 4 is 15.9 Å². The molecule has 0 spiro atoms. The van der Waals surface area contributed by atoms with Gasteiger partial charge in [0.25, 0.3) is 0 Å². The molecule has 1 aromatic carbocycles. The number of aliphatic hydroxyl groups excluding tert-OH is 1. The van der Waals surface area contributed by atoms with Gasteiger partial charge in [-0.05, 0) is 36.0 Å². The van der Waals surface area contributed by atoms with E-state index >= 15 is 0 Å². The molecule has 0 heterocycles. The molecule has 2 heteroatoms. The molecule has 0 unspecified atom stereocenters. The summed E-state index contributed by atoms with van der Waals surface area (Å²) < 4.78 is 1.13. The van der Waals surface area contributed by atoms with Crippen molar-refractivity contribution in [3.63, 3.8) is 0 Å². The molecule has 64 valence electrons. The van der Waals surface area contributed by atoms with Crippen molar-refractivity contribution in [3.05, 3.63) is 34.3 Å². The zero-order valence-electron chi connectivity index (χ0n) is 6.70. The van der Waals surface area contributed by atoms with Gasteiger partial charge >= 0.3 is 0 Å². The molecule has 1 saturated carbocycles. The summed E-state index contributed by atoms with van der Waals surface area (Å²) in [6.07, 6.45) is 1.15. The Labute approximate surface area is 80.5 Å². The molecule has 0 aliphatic heterocycles. The molecule has 1 fully saturated rings. The van der Waals surface area contributed by atoms with Crippen molar-refractivity contribution < 1.29 is 5.11 Å². The Balaban J connectivity index is 2.14. The van der Waals surface area contributed by atoms with Crippen molar-refractivity contribution in [1.82, 2.24) is 0 Å². The van der Waals surface area contributed by atoms with Gasteiger partial charge in [0.05, 0.1) is 0 Å². The highest BCUT2D eigenvalue weighted by Crippen LogP contribution is 2.47. The fourth-order valence-electron chi connectivity index (χ4n) is 1.59. The van der Waals surface area contributed by atoms with E-state index in [0.29, 0.717) is 18.4 Å². The smallest absolute Gasteiger partial charge is 0.0465 e. The zero-order chi connectivity index (χ0) is 8.55. The summed E-state index contributed by atoms with van der Waals surface area (Å²) in [5.41, 5.74) is 1.35. The van der Waals surface area contributed by atoms with E-state index in [2.05, 4.69) is 28.1 Å². The van der Waals surface area contributed by atoms with Crippen LogP contribution in [0.3, 0.4) is 0 Å². The Morgan fingerprint density at radius 1 is 1.50 bits per heavy atom. The monoisotopic (exact) mass is 226 g/mol. The molecule has 0 amide bonds. The van der Waals surface area contributed by atoms with Gasteiger partial charge < -0.3 is 5.11 Å². The average molecular weight is 227 g/mol. The summed E-state index contributed by atoms with van der Waals surface area (Å²) in [5.74, 6) is 1.12.